The highest BCUT2D eigenvalue weighted by atomic mass is 16.5. The third kappa shape index (κ3) is 3.72. The van der Waals surface area contributed by atoms with Crippen LogP contribution in [0.5, 0.6) is 0 Å². The number of ketones is 1. The lowest BCUT2D eigenvalue weighted by Gasteiger charge is -2.49. The van der Waals surface area contributed by atoms with E-state index in [9.17, 15) is 9.59 Å². The maximum Gasteiger partial charge on any atom is 0.303 e. The molecule has 0 aromatic rings. The molecule has 4 heteroatoms. The van der Waals surface area contributed by atoms with E-state index in [0.717, 1.165) is 51.0 Å². The molecule has 0 aromatic carbocycles. The van der Waals surface area contributed by atoms with Crippen LogP contribution in [0.4, 0.5) is 0 Å². The Kier molecular flexibility index (Phi) is 5.78. The van der Waals surface area contributed by atoms with Gasteiger partial charge in [0.2, 0.25) is 0 Å². The van der Waals surface area contributed by atoms with Crippen molar-refractivity contribution in [3.05, 3.63) is 22.8 Å². The number of ether oxygens (including phenoxy) is 1. The molecule has 0 aromatic heterocycles. The first kappa shape index (κ1) is 19.9. The molecular formula is C24H34O4. The van der Waals surface area contributed by atoms with Crippen LogP contribution in [-0.2, 0) is 14.3 Å². The summed E-state index contributed by atoms with van der Waals surface area (Å²) < 4.78 is 6.36. The number of hydrogen-bond donors (Lipinski definition) is 1. The number of fused-ring (bicyclic) bond motifs is 4. The minimum absolute atomic E-state index is 0.268. The van der Waals surface area contributed by atoms with Crippen molar-refractivity contribution in [2.24, 2.45) is 17.3 Å². The number of carbonyl (C=O) groups excluding carboxylic acids is 1. The number of carboxylic acids is 1. The van der Waals surface area contributed by atoms with E-state index in [1.165, 1.54) is 31.3 Å². The van der Waals surface area contributed by atoms with Crippen LogP contribution in [0.15, 0.2) is 22.8 Å². The summed E-state index contributed by atoms with van der Waals surface area (Å²) in [5, 5.41) is 8.73. The Labute approximate surface area is 168 Å². The number of carboxylic acid groups (broad SMARTS) is 1. The monoisotopic (exact) mass is 386 g/mol. The molecule has 4 aliphatic rings. The van der Waals surface area contributed by atoms with Crippen molar-refractivity contribution in [2.45, 2.75) is 90.1 Å². The zero-order chi connectivity index (χ0) is 19.7. The van der Waals surface area contributed by atoms with Gasteiger partial charge in [0.05, 0.1) is 6.10 Å². The molecule has 28 heavy (non-hydrogen) atoms. The second-order valence-corrected chi connectivity index (χ2v) is 9.54. The van der Waals surface area contributed by atoms with Gasteiger partial charge in [-0.3, -0.25) is 9.59 Å². The van der Waals surface area contributed by atoms with Gasteiger partial charge in [0.25, 0.3) is 0 Å². The number of carbonyl (C=O) groups is 2. The van der Waals surface area contributed by atoms with E-state index in [4.69, 9.17) is 9.84 Å². The average molecular weight is 387 g/mol. The van der Waals surface area contributed by atoms with Crippen molar-refractivity contribution < 1.29 is 19.4 Å². The van der Waals surface area contributed by atoms with Crippen LogP contribution < -0.4 is 0 Å². The highest BCUT2D eigenvalue weighted by molar-refractivity contribution is 5.93. The summed E-state index contributed by atoms with van der Waals surface area (Å²) in [5.74, 6) is 1.03. The van der Waals surface area contributed by atoms with E-state index < -0.39 is 5.97 Å². The van der Waals surface area contributed by atoms with Crippen molar-refractivity contribution in [1.82, 2.24) is 0 Å². The van der Waals surface area contributed by atoms with Crippen LogP contribution in [0.3, 0.4) is 0 Å². The number of rotatable bonds is 7. The van der Waals surface area contributed by atoms with E-state index in [2.05, 4.69) is 6.92 Å². The lowest BCUT2D eigenvalue weighted by molar-refractivity contribution is -0.137. The Hall–Kier alpha value is -1.42. The molecule has 0 aliphatic heterocycles. The molecule has 0 radical (unpaired) electrons. The molecule has 0 unspecified atom stereocenters. The Morgan fingerprint density at radius 1 is 1.14 bits per heavy atom. The minimum Gasteiger partial charge on any atom is -0.481 e. The van der Waals surface area contributed by atoms with E-state index in [0.29, 0.717) is 24.2 Å². The van der Waals surface area contributed by atoms with Crippen LogP contribution in [-0.4, -0.2) is 29.6 Å². The predicted molar refractivity (Wildman–Crippen MR) is 108 cm³/mol. The van der Waals surface area contributed by atoms with Crippen molar-refractivity contribution in [3.8, 4) is 0 Å². The summed E-state index contributed by atoms with van der Waals surface area (Å²) in [4.78, 5) is 22.4. The fraction of sp³-hybridized carbons (Fsp3) is 0.750. The Morgan fingerprint density at radius 3 is 2.82 bits per heavy atom. The molecule has 4 aliphatic carbocycles. The number of unbranched alkanes of at least 4 members (excludes halogenated alkanes) is 2. The van der Waals surface area contributed by atoms with E-state index >= 15 is 0 Å². The van der Waals surface area contributed by atoms with Gasteiger partial charge in [0.1, 0.15) is 0 Å². The second kappa shape index (κ2) is 8.14. The van der Waals surface area contributed by atoms with Gasteiger partial charge in [-0.1, -0.05) is 18.9 Å². The van der Waals surface area contributed by atoms with Crippen LogP contribution in [0.25, 0.3) is 0 Å². The summed E-state index contributed by atoms with van der Waals surface area (Å²) in [7, 11) is 0. The van der Waals surface area contributed by atoms with Crippen LogP contribution >= 0.6 is 0 Å². The minimum atomic E-state index is -0.702. The first-order chi connectivity index (χ1) is 13.5. The molecule has 4 rings (SSSR count). The summed E-state index contributed by atoms with van der Waals surface area (Å²) in [6, 6.07) is 0. The second-order valence-electron chi connectivity index (χ2n) is 9.54. The molecule has 0 spiro atoms. The largest absolute Gasteiger partial charge is 0.481 e. The molecule has 154 valence electrons. The van der Waals surface area contributed by atoms with Crippen LogP contribution in [0.2, 0.25) is 0 Å². The summed E-state index contributed by atoms with van der Waals surface area (Å²) in [6.45, 7) is 3.22. The SMILES string of the molecule is C[C@]12CCC3=C4CCC(=O)C=C4CC[C@H]3[C@@H]1CC[C@@H]2OCCCCCC(=O)O. The molecule has 1 N–H and O–H groups in total. The smallest absolute Gasteiger partial charge is 0.303 e. The van der Waals surface area contributed by atoms with Crippen molar-refractivity contribution in [3.63, 3.8) is 0 Å². The van der Waals surface area contributed by atoms with E-state index in [-0.39, 0.29) is 11.8 Å². The van der Waals surface area contributed by atoms with Gasteiger partial charge < -0.3 is 9.84 Å². The Morgan fingerprint density at radius 2 is 2.00 bits per heavy atom. The zero-order valence-electron chi connectivity index (χ0n) is 17.2. The maximum absolute atomic E-state index is 11.8. The summed E-state index contributed by atoms with van der Waals surface area (Å²) in [6.07, 6.45) is 14.0. The molecule has 0 heterocycles. The van der Waals surface area contributed by atoms with E-state index in [1.54, 1.807) is 11.1 Å². The predicted octanol–water partition coefficient (Wildman–Crippen LogP) is 5.22. The highest BCUT2D eigenvalue weighted by Crippen LogP contribution is 2.60. The molecular weight excluding hydrogens is 352 g/mol. The molecule has 4 atom stereocenters. The number of allylic oxidation sites excluding steroid dienone is 4. The fourth-order valence-corrected chi connectivity index (χ4v) is 6.54. The standard InChI is InChI=1S/C24H34O4/c1-24-13-12-19-18-9-7-17(25)15-16(18)6-8-20(19)21(24)10-11-22(24)28-14-4-2-3-5-23(26)27/h15,20-22H,2-14H2,1H3,(H,26,27)/t20-,21+,22+,24+/m1/s1. The van der Waals surface area contributed by atoms with Crippen molar-refractivity contribution in [2.75, 3.05) is 6.61 Å². The molecule has 2 saturated carbocycles. The summed E-state index contributed by atoms with van der Waals surface area (Å²) in [5.41, 5.74) is 4.85. The van der Waals surface area contributed by atoms with Crippen LogP contribution in [0.1, 0.15) is 84.0 Å². The molecule has 0 saturated heterocycles. The highest BCUT2D eigenvalue weighted by Gasteiger charge is 2.54. The number of aliphatic carboxylic acids is 1. The lowest BCUT2D eigenvalue weighted by Crippen LogP contribution is -2.43. The fourth-order valence-electron chi connectivity index (χ4n) is 6.54. The van der Waals surface area contributed by atoms with Gasteiger partial charge in [0, 0.05) is 19.4 Å². The Balaban J connectivity index is 1.37. The van der Waals surface area contributed by atoms with Gasteiger partial charge in [-0.05, 0) is 92.3 Å². The van der Waals surface area contributed by atoms with Gasteiger partial charge in [-0.2, -0.15) is 0 Å². The van der Waals surface area contributed by atoms with Crippen LogP contribution in [0, 0.1) is 17.3 Å². The van der Waals surface area contributed by atoms with Gasteiger partial charge >= 0.3 is 5.97 Å². The van der Waals surface area contributed by atoms with Crippen molar-refractivity contribution >= 4 is 11.8 Å². The lowest BCUT2D eigenvalue weighted by atomic mass is 9.57. The van der Waals surface area contributed by atoms with Gasteiger partial charge in [-0.25, -0.2) is 0 Å². The first-order valence-corrected chi connectivity index (χ1v) is 11.3. The Bertz CT molecular complexity index is 703. The zero-order valence-corrected chi connectivity index (χ0v) is 17.2. The normalized spacial score (nSPS) is 34.5. The molecule has 0 bridgehead atoms. The molecule has 0 amide bonds. The first-order valence-electron chi connectivity index (χ1n) is 11.3. The maximum atomic E-state index is 11.8. The van der Waals surface area contributed by atoms with Crippen molar-refractivity contribution in [1.29, 1.82) is 0 Å². The summed E-state index contributed by atoms with van der Waals surface area (Å²) >= 11 is 0. The molecule has 2 fully saturated rings. The van der Waals surface area contributed by atoms with Gasteiger partial charge in [0.15, 0.2) is 5.78 Å². The molecule has 4 nitrogen and oxygen atoms in total. The van der Waals surface area contributed by atoms with Gasteiger partial charge in [-0.15, -0.1) is 0 Å². The topological polar surface area (TPSA) is 63.6 Å². The third-order valence-electron chi connectivity index (χ3n) is 8.00. The van der Waals surface area contributed by atoms with E-state index in [1.807, 2.05) is 6.08 Å². The quantitative estimate of drug-likeness (QED) is 0.609. The third-order valence-corrected chi connectivity index (χ3v) is 8.00. The average Bonchev–Trinajstić information content (AvgIpc) is 3.00. The number of hydrogen-bond acceptors (Lipinski definition) is 3.